The summed E-state index contributed by atoms with van der Waals surface area (Å²) < 4.78 is 0. The molecule has 0 saturated carbocycles. The van der Waals surface area contributed by atoms with Crippen LogP contribution in [0.1, 0.15) is 20.3 Å². The quantitative estimate of drug-likeness (QED) is 0.572. The van der Waals surface area contributed by atoms with E-state index in [2.05, 4.69) is 0 Å². The van der Waals surface area contributed by atoms with Gasteiger partial charge in [0.15, 0.2) is 0 Å². The SMILES string of the molecule is CC[C@@H](C)[C@H](N)C(=O)O.O. The molecule has 4 nitrogen and oxygen atoms in total. The van der Waals surface area contributed by atoms with Gasteiger partial charge in [-0.3, -0.25) is 4.79 Å². The number of carboxylic acids is 1. The van der Waals surface area contributed by atoms with Crippen molar-refractivity contribution < 1.29 is 15.4 Å². The van der Waals surface area contributed by atoms with Gasteiger partial charge in [0, 0.05) is 0 Å². The highest BCUT2D eigenvalue weighted by Gasteiger charge is 2.17. The van der Waals surface area contributed by atoms with E-state index in [1.807, 2.05) is 13.8 Å². The lowest BCUT2D eigenvalue weighted by Gasteiger charge is -2.11. The topological polar surface area (TPSA) is 94.8 Å². The first-order chi connectivity index (χ1) is 4.09. The minimum absolute atomic E-state index is 0. The Kier molecular flexibility index (Phi) is 6.29. The predicted octanol–water partition coefficient (Wildman–Crippen LogP) is -0.380. The van der Waals surface area contributed by atoms with Crippen molar-refractivity contribution in [2.75, 3.05) is 0 Å². The standard InChI is InChI=1S/C6H13NO2.H2O/c1-3-4(2)5(7)6(8)9;/h4-5H,3,7H2,1-2H3,(H,8,9);1H2/t4-,5+;/m1./s1. The average Bonchev–Trinajstić information content (AvgIpc) is 1.84. The zero-order valence-electron chi connectivity index (χ0n) is 6.29. The molecule has 0 aliphatic rings. The maximum absolute atomic E-state index is 10.2. The summed E-state index contributed by atoms with van der Waals surface area (Å²) in [5.74, 6) is -0.841. The van der Waals surface area contributed by atoms with Crippen LogP contribution in [-0.2, 0) is 4.79 Å². The van der Waals surface area contributed by atoms with Gasteiger partial charge in [0.25, 0.3) is 0 Å². The molecule has 0 bridgehead atoms. The molecular weight excluding hydrogens is 134 g/mol. The molecule has 0 aromatic carbocycles. The third kappa shape index (κ3) is 3.42. The molecule has 62 valence electrons. The summed E-state index contributed by atoms with van der Waals surface area (Å²) in [6.45, 7) is 3.76. The molecule has 0 radical (unpaired) electrons. The van der Waals surface area contributed by atoms with Crippen LogP contribution < -0.4 is 5.73 Å². The lowest BCUT2D eigenvalue weighted by molar-refractivity contribution is -0.139. The molecule has 0 aliphatic carbocycles. The van der Waals surface area contributed by atoms with Crippen LogP contribution in [0.4, 0.5) is 0 Å². The van der Waals surface area contributed by atoms with Crippen molar-refractivity contribution in [2.45, 2.75) is 26.3 Å². The fourth-order valence-electron chi connectivity index (χ4n) is 0.497. The van der Waals surface area contributed by atoms with Gasteiger partial charge in [0.05, 0.1) is 0 Å². The second-order valence-electron chi connectivity index (χ2n) is 2.25. The molecule has 0 fully saturated rings. The van der Waals surface area contributed by atoms with Crippen molar-refractivity contribution in [1.29, 1.82) is 0 Å². The van der Waals surface area contributed by atoms with Crippen LogP contribution in [0.25, 0.3) is 0 Å². The van der Waals surface area contributed by atoms with Crippen LogP contribution in [0.2, 0.25) is 0 Å². The highest BCUT2D eigenvalue weighted by atomic mass is 16.4. The molecule has 0 unspecified atom stereocenters. The Bertz CT molecular complexity index is 105. The van der Waals surface area contributed by atoms with Gasteiger partial charge in [-0.05, 0) is 5.92 Å². The van der Waals surface area contributed by atoms with Gasteiger partial charge in [-0.15, -0.1) is 0 Å². The monoisotopic (exact) mass is 149 g/mol. The Morgan fingerprint density at radius 1 is 1.70 bits per heavy atom. The number of rotatable bonds is 3. The van der Waals surface area contributed by atoms with E-state index in [1.54, 1.807) is 0 Å². The van der Waals surface area contributed by atoms with E-state index in [0.29, 0.717) is 0 Å². The number of nitrogens with two attached hydrogens (primary N) is 1. The van der Waals surface area contributed by atoms with Gasteiger partial charge >= 0.3 is 5.97 Å². The van der Waals surface area contributed by atoms with Crippen LogP contribution in [0.5, 0.6) is 0 Å². The molecular formula is C6H15NO3. The Hall–Kier alpha value is -0.610. The highest BCUT2D eigenvalue weighted by Crippen LogP contribution is 2.04. The minimum Gasteiger partial charge on any atom is -0.480 e. The summed E-state index contributed by atoms with van der Waals surface area (Å²) in [6.07, 6.45) is 0.813. The highest BCUT2D eigenvalue weighted by molar-refractivity contribution is 5.73. The fraction of sp³-hybridized carbons (Fsp3) is 0.833. The molecule has 0 rings (SSSR count). The number of hydrogen-bond acceptors (Lipinski definition) is 2. The molecule has 10 heavy (non-hydrogen) atoms. The van der Waals surface area contributed by atoms with Gasteiger partial charge in [-0.25, -0.2) is 0 Å². The van der Waals surface area contributed by atoms with Crippen LogP contribution in [-0.4, -0.2) is 22.6 Å². The second-order valence-corrected chi connectivity index (χ2v) is 2.25. The maximum atomic E-state index is 10.2. The Balaban J connectivity index is 0. The number of hydrogen-bond donors (Lipinski definition) is 2. The van der Waals surface area contributed by atoms with E-state index < -0.39 is 12.0 Å². The van der Waals surface area contributed by atoms with E-state index >= 15 is 0 Å². The number of carbonyl (C=O) groups is 1. The summed E-state index contributed by atoms with van der Waals surface area (Å²) in [5.41, 5.74) is 5.27. The molecule has 2 atom stereocenters. The van der Waals surface area contributed by atoms with Crippen molar-refractivity contribution in [2.24, 2.45) is 11.7 Å². The van der Waals surface area contributed by atoms with Crippen LogP contribution in [0.3, 0.4) is 0 Å². The van der Waals surface area contributed by atoms with Crippen LogP contribution in [0.15, 0.2) is 0 Å². The van der Waals surface area contributed by atoms with Crippen molar-refractivity contribution in [3.05, 3.63) is 0 Å². The van der Waals surface area contributed by atoms with E-state index in [0.717, 1.165) is 6.42 Å². The van der Waals surface area contributed by atoms with Gasteiger partial charge in [-0.1, -0.05) is 20.3 Å². The van der Waals surface area contributed by atoms with Crippen LogP contribution >= 0.6 is 0 Å². The lowest BCUT2D eigenvalue weighted by Crippen LogP contribution is -2.36. The van der Waals surface area contributed by atoms with Gasteiger partial charge in [0.2, 0.25) is 0 Å². The third-order valence-corrected chi connectivity index (χ3v) is 1.54. The molecule has 0 aromatic heterocycles. The summed E-state index contributed by atoms with van der Waals surface area (Å²) in [5, 5.41) is 8.36. The van der Waals surface area contributed by atoms with Crippen molar-refractivity contribution in [3.8, 4) is 0 Å². The van der Waals surface area contributed by atoms with E-state index in [4.69, 9.17) is 10.8 Å². The predicted molar refractivity (Wildman–Crippen MR) is 38.7 cm³/mol. The largest absolute Gasteiger partial charge is 0.480 e. The lowest BCUT2D eigenvalue weighted by atomic mass is 10.0. The minimum atomic E-state index is -0.913. The Labute approximate surface area is 60.3 Å². The first-order valence-corrected chi connectivity index (χ1v) is 3.08. The van der Waals surface area contributed by atoms with E-state index in [1.165, 1.54) is 0 Å². The summed E-state index contributed by atoms with van der Waals surface area (Å²) in [6, 6.07) is -0.699. The molecule has 0 saturated heterocycles. The van der Waals surface area contributed by atoms with Gasteiger partial charge in [-0.2, -0.15) is 0 Å². The normalized spacial score (nSPS) is 15.1. The Morgan fingerprint density at radius 2 is 2.10 bits per heavy atom. The fourth-order valence-corrected chi connectivity index (χ4v) is 0.497. The zero-order chi connectivity index (χ0) is 7.44. The Morgan fingerprint density at radius 3 is 2.20 bits per heavy atom. The molecule has 0 aliphatic heterocycles. The van der Waals surface area contributed by atoms with Gasteiger partial charge < -0.3 is 16.3 Å². The summed E-state index contributed by atoms with van der Waals surface area (Å²) in [4.78, 5) is 10.2. The van der Waals surface area contributed by atoms with Crippen LogP contribution in [0, 0.1) is 5.92 Å². The summed E-state index contributed by atoms with van der Waals surface area (Å²) >= 11 is 0. The van der Waals surface area contributed by atoms with Gasteiger partial charge in [0.1, 0.15) is 6.04 Å². The average molecular weight is 149 g/mol. The first-order valence-electron chi connectivity index (χ1n) is 3.08. The first kappa shape index (κ1) is 12.1. The maximum Gasteiger partial charge on any atom is 0.320 e. The molecule has 0 aromatic rings. The molecule has 0 amide bonds. The van der Waals surface area contributed by atoms with E-state index in [9.17, 15) is 4.79 Å². The number of carboxylic acid groups (broad SMARTS) is 1. The zero-order valence-corrected chi connectivity index (χ0v) is 6.29. The van der Waals surface area contributed by atoms with Crippen molar-refractivity contribution in [1.82, 2.24) is 0 Å². The van der Waals surface area contributed by atoms with E-state index in [-0.39, 0.29) is 11.4 Å². The molecule has 4 heteroatoms. The molecule has 0 heterocycles. The third-order valence-electron chi connectivity index (χ3n) is 1.54. The summed E-state index contributed by atoms with van der Waals surface area (Å²) in [7, 11) is 0. The molecule has 0 spiro atoms. The van der Waals surface area contributed by atoms with Crippen molar-refractivity contribution in [3.63, 3.8) is 0 Å². The molecule has 5 N–H and O–H groups in total. The van der Waals surface area contributed by atoms with Crippen molar-refractivity contribution >= 4 is 5.97 Å². The smallest absolute Gasteiger partial charge is 0.320 e. The second kappa shape index (κ2) is 5.20. The number of aliphatic carboxylic acids is 1.